The minimum Gasteiger partial charge on any atom is -0.326 e. The summed E-state index contributed by atoms with van der Waals surface area (Å²) in [6.45, 7) is 0. The van der Waals surface area contributed by atoms with Gasteiger partial charge in [-0.2, -0.15) is 0 Å². The van der Waals surface area contributed by atoms with E-state index in [2.05, 4.69) is 0 Å². The fraction of sp³-hybridized carbons (Fsp3) is 1.00. The lowest BCUT2D eigenvalue weighted by Gasteiger charge is -2.05. The lowest BCUT2D eigenvalue weighted by molar-refractivity contribution is 0.603. The molecule has 0 aromatic rings. The van der Waals surface area contributed by atoms with Crippen LogP contribution in [0, 0.1) is 0 Å². The van der Waals surface area contributed by atoms with E-state index in [4.69, 9.17) is 11.5 Å². The monoisotopic (exact) mass is 102 g/mol. The van der Waals surface area contributed by atoms with Gasteiger partial charge in [0.2, 0.25) is 0 Å². The Kier molecular flexibility index (Phi) is 1.30. The molecule has 0 radical (unpaired) electrons. The van der Waals surface area contributed by atoms with E-state index in [1.165, 1.54) is 6.42 Å². The van der Waals surface area contributed by atoms with Crippen molar-refractivity contribution in [3.63, 3.8) is 0 Å². The predicted molar refractivity (Wildman–Crippen MR) is 32.0 cm³/mol. The number of hydrogen-bond acceptors (Lipinski definition) is 2. The van der Waals surface area contributed by atoms with Crippen LogP contribution in [0.2, 0.25) is 0 Å². The predicted octanol–water partition coefficient (Wildman–Crippen LogP) is 0.0499. The van der Waals surface area contributed by atoms with E-state index >= 15 is 0 Å². The standard InChI is InChI=1S/C5H12N2/c6-4-2-1-3-5(4)7/h4-5H,1-3,6-7H2/p+2/t4-,5+. The highest BCUT2D eigenvalue weighted by atomic mass is 14.8. The Morgan fingerprint density at radius 3 is 1.71 bits per heavy atom. The number of rotatable bonds is 0. The lowest BCUT2D eigenvalue weighted by Crippen LogP contribution is -2.35. The van der Waals surface area contributed by atoms with Crippen molar-refractivity contribution in [2.45, 2.75) is 31.3 Å². The zero-order valence-electron chi connectivity index (χ0n) is 6.43. The first-order valence-electron chi connectivity index (χ1n) is 2.82. The Morgan fingerprint density at radius 2 is 1.57 bits per heavy atom. The van der Waals surface area contributed by atoms with Crippen LogP contribution in [0.15, 0.2) is 0 Å². The quantitative estimate of drug-likeness (QED) is 0.454. The first kappa shape index (κ1) is 5.06. The summed E-state index contributed by atoms with van der Waals surface area (Å²) in [5.41, 5.74) is 11.1. The van der Waals surface area contributed by atoms with Crippen molar-refractivity contribution in [1.29, 1.82) is 0 Å². The maximum atomic E-state index is 5.55. The summed E-state index contributed by atoms with van der Waals surface area (Å²) in [4.78, 5) is 0. The molecular weight excluding hydrogens is 88.1 g/mol. The van der Waals surface area contributed by atoms with Gasteiger partial charge in [0.05, 0.1) is 0 Å². The van der Waals surface area contributed by atoms with Gasteiger partial charge in [-0.15, -0.1) is 0 Å². The zero-order valence-corrected chi connectivity index (χ0v) is 4.43. The van der Waals surface area contributed by atoms with Gasteiger partial charge in [-0.05, 0) is 12.8 Å². The fourth-order valence-corrected chi connectivity index (χ4v) is 1.02. The normalized spacial score (nSPS) is 42.0. The fourth-order valence-electron chi connectivity index (χ4n) is 1.02. The van der Waals surface area contributed by atoms with Gasteiger partial charge in [0.1, 0.15) is 0 Å². The van der Waals surface area contributed by atoms with Crippen molar-refractivity contribution in [3.8, 4) is 0 Å². The minimum absolute atomic E-state index is 0. The Bertz CT molecular complexity index is 62.0. The van der Waals surface area contributed by atoms with E-state index in [1.54, 1.807) is 0 Å². The highest BCUT2D eigenvalue weighted by Crippen LogP contribution is 2.13. The second kappa shape index (κ2) is 1.80. The maximum Gasteiger partial charge on any atom is 1.00 e. The van der Waals surface area contributed by atoms with Crippen molar-refractivity contribution in [1.82, 2.24) is 0 Å². The largest absolute Gasteiger partial charge is 1.00 e. The molecular formula is C5H14N2+2. The van der Waals surface area contributed by atoms with E-state index in [-0.39, 0.29) is 2.85 Å². The molecule has 0 aliphatic heterocycles. The van der Waals surface area contributed by atoms with Crippen molar-refractivity contribution in [3.05, 3.63) is 0 Å². The summed E-state index contributed by atoms with van der Waals surface area (Å²) in [5.74, 6) is 0. The van der Waals surface area contributed by atoms with Crippen molar-refractivity contribution in [2.75, 3.05) is 0 Å². The Balaban J connectivity index is 0. The zero-order chi connectivity index (χ0) is 5.28. The highest BCUT2D eigenvalue weighted by molar-refractivity contribution is 4.82. The molecule has 7 heavy (non-hydrogen) atoms. The van der Waals surface area contributed by atoms with Gasteiger partial charge in [0.15, 0.2) is 0 Å². The Morgan fingerprint density at radius 1 is 1.14 bits per heavy atom. The molecule has 1 aliphatic rings. The summed E-state index contributed by atoms with van der Waals surface area (Å²) >= 11 is 0. The highest BCUT2D eigenvalue weighted by Gasteiger charge is 2.18. The van der Waals surface area contributed by atoms with Crippen LogP contribution in [-0.2, 0) is 0 Å². The number of hydrogen-bond donors (Lipinski definition) is 2. The summed E-state index contributed by atoms with van der Waals surface area (Å²) in [7, 11) is 0. The third-order valence-corrected chi connectivity index (χ3v) is 1.62. The van der Waals surface area contributed by atoms with Crippen LogP contribution < -0.4 is 11.5 Å². The second-order valence-corrected chi connectivity index (χ2v) is 2.26. The molecule has 0 heterocycles. The first-order chi connectivity index (χ1) is 3.30. The topological polar surface area (TPSA) is 52.0 Å². The van der Waals surface area contributed by atoms with E-state index in [1.807, 2.05) is 0 Å². The molecule has 0 spiro atoms. The average Bonchev–Trinajstić information content (AvgIpc) is 1.91. The van der Waals surface area contributed by atoms with Crippen LogP contribution in [0.1, 0.15) is 22.1 Å². The van der Waals surface area contributed by atoms with Gasteiger partial charge in [-0.3, -0.25) is 0 Å². The molecule has 1 aliphatic carbocycles. The number of nitrogens with two attached hydrogens (primary N) is 2. The Labute approximate surface area is 46.8 Å². The lowest BCUT2D eigenvalue weighted by atomic mass is 10.2. The molecule has 0 saturated heterocycles. The van der Waals surface area contributed by atoms with Crippen LogP contribution in [0.4, 0.5) is 0 Å². The molecule has 42 valence electrons. The maximum absolute atomic E-state index is 5.55. The van der Waals surface area contributed by atoms with Crippen molar-refractivity contribution >= 4 is 0 Å². The SMILES string of the molecule is N[C@@H]1CCC[C@@H]1N.[H+].[H+]. The van der Waals surface area contributed by atoms with Gasteiger partial charge in [0.25, 0.3) is 0 Å². The van der Waals surface area contributed by atoms with Crippen LogP contribution in [0.5, 0.6) is 0 Å². The third-order valence-electron chi connectivity index (χ3n) is 1.62. The molecule has 0 aromatic carbocycles. The third kappa shape index (κ3) is 0.924. The Hall–Kier alpha value is -0.0800. The molecule has 2 heteroatoms. The summed E-state index contributed by atoms with van der Waals surface area (Å²) < 4.78 is 0. The smallest absolute Gasteiger partial charge is 0.326 e. The average molecular weight is 102 g/mol. The van der Waals surface area contributed by atoms with E-state index in [0.29, 0.717) is 12.1 Å². The molecule has 0 amide bonds. The van der Waals surface area contributed by atoms with E-state index in [0.717, 1.165) is 12.8 Å². The van der Waals surface area contributed by atoms with Gasteiger partial charge in [-0.25, -0.2) is 0 Å². The van der Waals surface area contributed by atoms with Gasteiger partial charge >= 0.3 is 2.85 Å². The van der Waals surface area contributed by atoms with Crippen LogP contribution in [0.3, 0.4) is 0 Å². The molecule has 2 nitrogen and oxygen atoms in total. The first-order valence-corrected chi connectivity index (χ1v) is 2.82. The molecule has 1 rings (SSSR count). The van der Waals surface area contributed by atoms with Gasteiger partial charge in [-0.1, -0.05) is 6.42 Å². The minimum atomic E-state index is 0. The van der Waals surface area contributed by atoms with E-state index in [9.17, 15) is 0 Å². The summed E-state index contributed by atoms with van der Waals surface area (Å²) in [6, 6.07) is 0.583. The van der Waals surface area contributed by atoms with Gasteiger partial charge < -0.3 is 11.5 Å². The summed E-state index contributed by atoms with van der Waals surface area (Å²) in [5, 5.41) is 0. The van der Waals surface area contributed by atoms with Crippen LogP contribution in [0.25, 0.3) is 0 Å². The van der Waals surface area contributed by atoms with E-state index < -0.39 is 0 Å². The molecule has 0 bridgehead atoms. The van der Waals surface area contributed by atoms with Crippen molar-refractivity contribution in [2.24, 2.45) is 11.5 Å². The van der Waals surface area contributed by atoms with Crippen LogP contribution in [-0.4, -0.2) is 12.1 Å². The van der Waals surface area contributed by atoms with Crippen molar-refractivity contribution < 1.29 is 2.85 Å². The molecule has 0 aromatic heterocycles. The molecule has 4 N–H and O–H groups in total. The second-order valence-electron chi connectivity index (χ2n) is 2.26. The van der Waals surface area contributed by atoms with Crippen LogP contribution >= 0.6 is 0 Å². The molecule has 1 fully saturated rings. The molecule has 1 saturated carbocycles. The molecule has 0 unspecified atom stereocenters. The van der Waals surface area contributed by atoms with Gasteiger partial charge in [0, 0.05) is 12.1 Å². The summed E-state index contributed by atoms with van der Waals surface area (Å²) in [6.07, 6.45) is 3.48. The molecule has 2 atom stereocenters.